The van der Waals surface area contributed by atoms with Gasteiger partial charge < -0.3 is 10.6 Å². The van der Waals surface area contributed by atoms with Crippen molar-refractivity contribution in [1.82, 2.24) is 10.6 Å². The fraction of sp³-hybridized carbons (Fsp3) is 0.576. The standard InChI is InChI=1S/C33H42N2O2/c1-32-19-17-26-24(13-16-29-33(26,2)20-18-30(36)35-29)25(32)14-15-27(32)31(37)34-28(23-11-7-4-8-12-23)21-22-9-5-3-6-10-22/h3-12,24-29H,13-21H2,1-2H3,(H,34,37)(H,35,36)/t24-,25-,26+,27?,28-,29?,32-,33+/m0/s1. The van der Waals surface area contributed by atoms with Gasteiger partial charge in [0.15, 0.2) is 0 Å². The van der Waals surface area contributed by atoms with Gasteiger partial charge in [-0.15, -0.1) is 0 Å². The van der Waals surface area contributed by atoms with E-state index in [0.717, 1.165) is 38.5 Å². The summed E-state index contributed by atoms with van der Waals surface area (Å²) in [4.78, 5) is 26.1. The maximum atomic E-state index is 14.0. The highest BCUT2D eigenvalue weighted by molar-refractivity contribution is 5.80. The molecule has 1 heterocycles. The average Bonchev–Trinajstić information content (AvgIpc) is 3.27. The van der Waals surface area contributed by atoms with Gasteiger partial charge in [-0.3, -0.25) is 9.59 Å². The molecule has 4 heteroatoms. The summed E-state index contributed by atoms with van der Waals surface area (Å²) in [5.41, 5.74) is 2.71. The van der Waals surface area contributed by atoms with E-state index in [0.29, 0.717) is 30.2 Å². The fourth-order valence-electron chi connectivity index (χ4n) is 9.19. The topological polar surface area (TPSA) is 58.2 Å². The molecule has 37 heavy (non-hydrogen) atoms. The molecule has 4 aliphatic rings. The van der Waals surface area contributed by atoms with Crippen molar-refractivity contribution in [2.75, 3.05) is 0 Å². The number of hydrogen-bond donors (Lipinski definition) is 2. The lowest BCUT2D eigenvalue weighted by Crippen LogP contribution is -2.61. The minimum atomic E-state index is -0.0183. The number of carbonyl (C=O) groups excluding carboxylic acids is 2. The van der Waals surface area contributed by atoms with Gasteiger partial charge in [0, 0.05) is 18.4 Å². The second-order valence-corrected chi connectivity index (χ2v) is 12.9. The Morgan fingerprint density at radius 2 is 1.59 bits per heavy atom. The highest BCUT2D eigenvalue weighted by Gasteiger charge is 2.61. The first-order chi connectivity index (χ1) is 17.9. The molecule has 3 aliphatic carbocycles. The highest BCUT2D eigenvalue weighted by atomic mass is 16.2. The van der Waals surface area contributed by atoms with Crippen LogP contribution in [0, 0.1) is 34.5 Å². The number of carbonyl (C=O) groups is 2. The van der Waals surface area contributed by atoms with E-state index in [1.54, 1.807) is 0 Å². The van der Waals surface area contributed by atoms with Crippen LogP contribution in [-0.4, -0.2) is 17.9 Å². The Morgan fingerprint density at radius 1 is 0.892 bits per heavy atom. The molecule has 4 fully saturated rings. The van der Waals surface area contributed by atoms with Gasteiger partial charge in [-0.05, 0) is 91.1 Å². The molecule has 2 N–H and O–H groups in total. The van der Waals surface area contributed by atoms with Crippen LogP contribution in [0.15, 0.2) is 60.7 Å². The zero-order valence-corrected chi connectivity index (χ0v) is 22.4. The van der Waals surface area contributed by atoms with Crippen LogP contribution in [0.25, 0.3) is 0 Å². The van der Waals surface area contributed by atoms with Gasteiger partial charge in [0.05, 0.1) is 6.04 Å². The number of amides is 2. The van der Waals surface area contributed by atoms with Crippen LogP contribution in [-0.2, 0) is 16.0 Å². The van der Waals surface area contributed by atoms with E-state index in [1.807, 2.05) is 12.1 Å². The molecule has 2 aromatic carbocycles. The number of benzene rings is 2. The Bertz CT molecular complexity index is 1130. The zero-order valence-electron chi connectivity index (χ0n) is 22.4. The Hall–Kier alpha value is -2.62. The lowest BCUT2D eigenvalue weighted by atomic mass is 9.47. The first kappa shape index (κ1) is 24.7. The molecule has 2 unspecified atom stereocenters. The van der Waals surface area contributed by atoms with Crippen LogP contribution in [0.5, 0.6) is 0 Å². The van der Waals surface area contributed by atoms with Gasteiger partial charge in [-0.1, -0.05) is 74.5 Å². The number of hydrogen-bond acceptors (Lipinski definition) is 2. The molecule has 0 radical (unpaired) electrons. The molecule has 4 nitrogen and oxygen atoms in total. The van der Waals surface area contributed by atoms with E-state index >= 15 is 0 Å². The number of nitrogens with one attached hydrogen (secondary N) is 2. The second-order valence-electron chi connectivity index (χ2n) is 12.9. The Balaban J connectivity index is 1.20. The maximum absolute atomic E-state index is 14.0. The highest BCUT2D eigenvalue weighted by Crippen LogP contribution is 2.65. The summed E-state index contributed by atoms with van der Waals surface area (Å²) in [7, 11) is 0. The van der Waals surface area contributed by atoms with Crippen molar-refractivity contribution in [1.29, 1.82) is 0 Å². The summed E-state index contributed by atoms with van der Waals surface area (Å²) in [6.45, 7) is 4.88. The number of fused-ring (bicyclic) bond motifs is 5. The minimum Gasteiger partial charge on any atom is -0.353 e. The van der Waals surface area contributed by atoms with Crippen molar-refractivity contribution in [3.05, 3.63) is 71.8 Å². The molecule has 2 aromatic rings. The van der Waals surface area contributed by atoms with Crippen LogP contribution in [0.3, 0.4) is 0 Å². The quantitative estimate of drug-likeness (QED) is 0.514. The van der Waals surface area contributed by atoms with Gasteiger partial charge in [0.25, 0.3) is 0 Å². The van der Waals surface area contributed by atoms with E-state index in [9.17, 15) is 9.59 Å². The van der Waals surface area contributed by atoms with E-state index in [1.165, 1.54) is 24.0 Å². The van der Waals surface area contributed by atoms with Gasteiger partial charge >= 0.3 is 0 Å². The van der Waals surface area contributed by atoms with Crippen molar-refractivity contribution in [3.63, 3.8) is 0 Å². The van der Waals surface area contributed by atoms with Crippen LogP contribution in [0.1, 0.15) is 82.4 Å². The normalized spacial score (nSPS) is 37.5. The third-order valence-corrected chi connectivity index (χ3v) is 11.2. The lowest BCUT2D eigenvalue weighted by Gasteiger charge is -2.60. The first-order valence-corrected chi connectivity index (χ1v) is 14.6. The molecule has 3 saturated carbocycles. The van der Waals surface area contributed by atoms with Gasteiger partial charge in [0.1, 0.15) is 0 Å². The third-order valence-electron chi connectivity index (χ3n) is 11.2. The molecular formula is C33H42N2O2. The molecule has 0 spiro atoms. The van der Waals surface area contributed by atoms with E-state index in [2.05, 4.69) is 73.0 Å². The van der Waals surface area contributed by atoms with E-state index in [-0.39, 0.29) is 34.6 Å². The van der Waals surface area contributed by atoms with Crippen molar-refractivity contribution in [2.24, 2.45) is 34.5 Å². The SMILES string of the molecule is C[C@]12CCC(=O)NC1CC[C@@H]1[C@H]2CC[C@]2(C)C(C(=O)N[C@@H](Cc3ccccc3)c3ccccc3)CC[C@@H]12. The summed E-state index contributed by atoms with van der Waals surface area (Å²) >= 11 is 0. The molecule has 6 rings (SSSR count). The molecule has 8 atom stereocenters. The summed E-state index contributed by atoms with van der Waals surface area (Å²) < 4.78 is 0. The van der Waals surface area contributed by atoms with Crippen molar-refractivity contribution in [3.8, 4) is 0 Å². The molecule has 196 valence electrons. The van der Waals surface area contributed by atoms with Crippen LogP contribution in [0.2, 0.25) is 0 Å². The van der Waals surface area contributed by atoms with Crippen LogP contribution in [0.4, 0.5) is 0 Å². The average molecular weight is 499 g/mol. The Labute approximate surface area is 222 Å². The largest absolute Gasteiger partial charge is 0.353 e. The Morgan fingerprint density at radius 3 is 2.35 bits per heavy atom. The van der Waals surface area contributed by atoms with Crippen LogP contribution >= 0.6 is 0 Å². The van der Waals surface area contributed by atoms with E-state index < -0.39 is 0 Å². The summed E-state index contributed by atoms with van der Waals surface area (Å²) in [6, 6.07) is 21.3. The number of piperidine rings is 1. The summed E-state index contributed by atoms with van der Waals surface area (Å²) in [6.07, 6.45) is 9.28. The monoisotopic (exact) mass is 498 g/mol. The maximum Gasteiger partial charge on any atom is 0.224 e. The van der Waals surface area contributed by atoms with Gasteiger partial charge in [-0.2, -0.15) is 0 Å². The molecule has 0 bridgehead atoms. The van der Waals surface area contributed by atoms with Gasteiger partial charge in [-0.25, -0.2) is 0 Å². The molecular weight excluding hydrogens is 456 g/mol. The third kappa shape index (κ3) is 4.30. The number of rotatable bonds is 5. The summed E-state index contributed by atoms with van der Waals surface area (Å²) in [5, 5.41) is 6.87. The molecule has 1 saturated heterocycles. The van der Waals surface area contributed by atoms with E-state index in [4.69, 9.17) is 0 Å². The smallest absolute Gasteiger partial charge is 0.224 e. The summed E-state index contributed by atoms with van der Waals surface area (Å²) in [5.74, 6) is 2.53. The van der Waals surface area contributed by atoms with Crippen LogP contribution < -0.4 is 10.6 Å². The molecule has 0 aromatic heterocycles. The van der Waals surface area contributed by atoms with Crippen molar-refractivity contribution >= 4 is 11.8 Å². The predicted octanol–water partition coefficient (Wildman–Crippen LogP) is 6.22. The van der Waals surface area contributed by atoms with Crippen molar-refractivity contribution in [2.45, 2.75) is 83.7 Å². The van der Waals surface area contributed by atoms with Gasteiger partial charge in [0.2, 0.25) is 11.8 Å². The fourth-order valence-corrected chi connectivity index (χ4v) is 9.19. The zero-order chi connectivity index (χ0) is 25.6. The predicted molar refractivity (Wildman–Crippen MR) is 147 cm³/mol. The minimum absolute atomic E-state index is 0.0183. The molecule has 2 amide bonds. The lowest BCUT2D eigenvalue weighted by molar-refractivity contribution is -0.142. The molecule has 1 aliphatic heterocycles. The van der Waals surface area contributed by atoms with Crippen molar-refractivity contribution < 1.29 is 9.59 Å². The Kier molecular flexibility index (Phi) is 6.41. The first-order valence-electron chi connectivity index (χ1n) is 14.6. The second kappa shape index (κ2) is 9.60.